The average Bonchev–Trinajstić information content (AvgIpc) is 3.38. The number of nitrogens with two attached hydrogens (primary N) is 2. The molecule has 8 nitrogen and oxygen atoms in total. The molecule has 8 bridgehead atoms. The Morgan fingerprint density at radius 2 is 0.828 bits per heavy atom. The van der Waals surface area contributed by atoms with Gasteiger partial charge in [-0.25, -0.2) is 20.2 Å². The van der Waals surface area contributed by atoms with E-state index in [0.29, 0.717) is 0 Å². The van der Waals surface area contributed by atoms with E-state index in [-0.39, 0.29) is 0 Å². The second-order valence-electron chi connectivity index (χ2n) is 6.49. The summed E-state index contributed by atoms with van der Waals surface area (Å²) in [6.45, 7) is 0. The van der Waals surface area contributed by atoms with Gasteiger partial charge in [0.1, 0.15) is 0 Å². The topological polar surface area (TPSA) is 144 Å². The van der Waals surface area contributed by atoms with Gasteiger partial charge in [0.15, 0.2) is 0 Å². The summed E-state index contributed by atoms with van der Waals surface area (Å²) in [5, 5.41) is 8.21. The van der Waals surface area contributed by atoms with Gasteiger partial charge in [0.2, 0.25) is 0 Å². The van der Waals surface area contributed by atoms with Crippen LogP contribution in [0.3, 0.4) is 0 Å². The number of rotatable bonds is 0. The first-order valence-electron chi connectivity index (χ1n) is 8.65. The van der Waals surface area contributed by atoms with Crippen molar-refractivity contribution in [3.8, 4) is 0 Å². The fourth-order valence-electron chi connectivity index (χ4n) is 2.94. The SMILES string of the molecule is C1=Cc2cc3ccc(cc4nc(cc5ccc(cc1n2)[nH]5)C=C4)[nH]3.NS(N)(=O)=O. The van der Waals surface area contributed by atoms with Gasteiger partial charge in [-0.05, 0) is 72.8 Å². The Morgan fingerprint density at radius 1 is 0.586 bits per heavy atom. The van der Waals surface area contributed by atoms with Gasteiger partial charge in [0, 0.05) is 22.1 Å². The third-order valence-corrected chi connectivity index (χ3v) is 4.04. The molecule has 0 saturated heterocycles. The number of aromatic nitrogens is 4. The van der Waals surface area contributed by atoms with Crippen molar-refractivity contribution >= 4 is 56.6 Å². The number of nitrogens with zero attached hydrogens (tertiary/aromatic N) is 2. The van der Waals surface area contributed by atoms with Crippen LogP contribution in [-0.4, -0.2) is 28.4 Å². The highest BCUT2D eigenvalue weighted by Crippen LogP contribution is 2.16. The summed E-state index contributed by atoms with van der Waals surface area (Å²) in [6, 6.07) is 16.4. The molecule has 146 valence electrons. The van der Waals surface area contributed by atoms with Gasteiger partial charge in [0.25, 0.3) is 10.2 Å². The second-order valence-corrected chi connectivity index (χ2v) is 7.67. The van der Waals surface area contributed by atoms with Gasteiger partial charge >= 0.3 is 0 Å². The molecule has 0 spiro atoms. The van der Waals surface area contributed by atoms with E-state index in [1.54, 1.807) is 0 Å². The molecule has 5 heterocycles. The molecule has 9 heteroatoms. The maximum absolute atomic E-state index is 9.19. The normalized spacial score (nSPS) is 12.5. The van der Waals surface area contributed by atoms with Crippen molar-refractivity contribution in [1.82, 2.24) is 19.9 Å². The van der Waals surface area contributed by atoms with Crippen LogP contribution in [0, 0.1) is 0 Å². The molecule has 6 N–H and O–H groups in total. The Kier molecular flexibility index (Phi) is 4.85. The average molecular weight is 406 g/mol. The Hall–Kier alpha value is -3.53. The first-order chi connectivity index (χ1) is 13.8. The van der Waals surface area contributed by atoms with E-state index in [1.807, 2.05) is 48.6 Å². The number of nitrogens with one attached hydrogen (secondary N) is 2. The van der Waals surface area contributed by atoms with Crippen LogP contribution in [0.5, 0.6) is 0 Å². The number of hydrogen-bond acceptors (Lipinski definition) is 4. The Balaban J connectivity index is 0.000000369. The smallest absolute Gasteiger partial charge is 0.271 e. The monoisotopic (exact) mass is 406 g/mol. The molecule has 0 unspecified atom stereocenters. The first kappa shape index (κ1) is 18.8. The molecule has 0 amide bonds. The zero-order valence-corrected chi connectivity index (χ0v) is 16.0. The molecule has 0 aliphatic carbocycles. The lowest BCUT2D eigenvalue weighted by atomic mass is 10.3. The molecule has 0 aromatic carbocycles. The predicted octanol–water partition coefficient (Wildman–Crippen LogP) is 2.80. The van der Waals surface area contributed by atoms with Gasteiger partial charge in [0.05, 0.1) is 22.8 Å². The van der Waals surface area contributed by atoms with E-state index in [2.05, 4.69) is 54.5 Å². The Bertz CT molecular complexity index is 1210. The van der Waals surface area contributed by atoms with Crippen molar-refractivity contribution in [2.45, 2.75) is 0 Å². The van der Waals surface area contributed by atoms with E-state index < -0.39 is 10.2 Å². The molecule has 2 aliphatic heterocycles. The minimum atomic E-state index is -3.67. The molecule has 3 aromatic rings. The minimum absolute atomic E-state index is 0.939. The molecule has 0 saturated carbocycles. The summed E-state index contributed by atoms with van der Waals surface area (Å²) in [7, 11) is -3.67. The molecule has 29 heavy (non-hydrogen) atoms. The summed E-state index contributed by atoms with van der Waals surface area (Å²) in [4.78, 5) is 16.0. The number of fused-ring (bicyclic) bond motifs is 8. The number of H-pyrrole nitrogens is 2. The lowest BCUT2D eigenvalue weighted by Crippen LogP contribution is -2.21. The molecule has 0 atom stereocenters. The van der Waals surface area contributed by atoms with Crippen LogP contribution in [0.4, 0.5) is 0 Å². The van der Waals surface area contributed by atoms with Gasteiger partial charge in [-0.3, -0.25) is 0 Å². The quantitative estimate of drug-likeness (QED) is 0.313. The van der Waals surface area contributed by atoms with Crippen molar-refractivity contribution in [2.24, 2.45) is 10.3 Å². The van der Waals surface area contributed by atoms with Crippen LogP contribution >= 0.6 is 0 Å². The highest BCUT2D eigenvalue weighted by molar-refractivity contribution is 7.86. The van der Waals surface area contributed by atoms with Crippen LogP contribution in [0.1, 0.15) is 22.8 Å². The van der Waals surface area contributed by atoms with E-state index in [0.717, 1.165) is 44.8 Å². The lowest BCUT2D eigenvalue weighted by molar-refractivity contribution is 0.599. The first-order valence-corrected chi connectivity index (χ1v) is 10.3. The van der Waals surface area contributed by atoms with Crippen LogP contribution in [0.2, 0.25) is 0 Å². The lowest BCUT2D eigenvalue weighted by Gasteiger charge is -1.85. The molecular formula is C20H18N6O2S. The fourth-order valence-corrected chi connectivity index (χ4v) is 2.94. The predicted molar refractivity (Wildman–Crippen MR) is 116 cm³/mol. The number of aromatic amines is 2. The van der Waals surface area contributed by atoms with Crippen molar-refractivity contribution < 1.29 is 8.42 Å². The van der Waals surface area contributed by atoms with Crippen LogP contribution in [0.15, 0.2) is 48.5 Å². The molecule has 5 rings (SSSR count). The van der Waals surface area contributed by atoms with Gasteiger partial charge in [-0.2, -0.15) is 8.42 Å². The molecule has 0 radical (unpaired) electrons. The highest BCUT2D eigenvalue weighted by atomic mass is 32.2. The molecule has 2 aliphatic rings. The number of hydrogen-bond donors (Lipinski definition) is 4. The highest BCUT2D eigenvalue weighted by Gasteiger charge is 2.01. The Morgan fingerprint density at radius 3 is 1.07 bits per heavy atom. The molecular weight excluding hydrogens is 388 g/mol. The van der Waals surface area contributed by atoms with Crippen molar-refractivity contribution in [1.29, 1.82) is 0 Å². The summed E-state index contributed by atoms with van der Waals surface area (Å²) in [5.41, 5.74) is 7.86. The molecule has 0 fully saturated rings. The zero-order valence-electron chi connectivity index (χ0n) is 15.2. The summed E-state index contributed by atoms with van der Waals surface area (Å²) in [6.07, 6.45) is 8.09. The Labute approximate surface area is 166 Å². The van der Waals surface area contributed by atoms with Crippen LogP contribution in [0.25, 0.3) is 46.4 Å². The van der Waals surface area contributed by atoms with E-state index in [1.165, 1.54) is 0 Å². The van der Waals surface area contributed by atoms with Crippen LogP contribution < -0.4 is 10.3 Å². The summed E-state index contributed by atoms with van der Waals surface area (Å²) < 4.78 is 18.4. The fraction of sp³-hybridized carbons (Fsp3) is 0. The van der Waals surface area contributed by atoms with Gasteiger partial charge in [-0.15, -0.1) is 0 Å². The maximum atomic E-state index is 9.19. The maximum Gasteiger partial charge on any atom is 0.271 e. The summed E-state index contributed by atoms with van der Waals surface area (Å²) >= 11 is 0. The van der Waals surface area contributed by atoms with Gasteiger partial charge < -0.3 is 9.97 Å². The van der Waals surface area contributed by atoms with Crippen molar-refractivity contribution in [3.05, 3.63) is 71.3 Å². The molecule has 3 aromatic heterocycles. The van der Waals surface area contributed by atoms with E-state index in [4.69, 9.17) is 0 Å². The van der Waals surface area contributed by atoms with Crippen LogP contribution in [-0.2, 0) is 10.2 Å². The second kappa shape index (κ2) is 7.47. The van der Waals surface area contributed by atoms with E-state index in [9.17, 15) is 8.42 Å². The minimum Gasteiger partial charge on any atom is -0.355 e. The van der Waals surface area contributed by atoms with E-state index >= 15 is 0 Å². The van der Waals surface area contributed by atoms with Crippen molar-refractivity contribution in [3.63, 3.8) is 0 Å². The third-order valence-electron chi connectivity index (χ3n) is 4.04. The third kappa shape index (κ3) is 5.26. The van der Waals surface area contributed by atoms with Gasteiger partial charge in [-0.1, -0.05) is 0 Å². The van der Waals surface area contributed by atoms with Crippen molar-refractivity contribution in [2.75, 3.05) is 0 Å². The largest absolute Gasteiger partial charge is 0.355 e. The standard InChI is InChI=1S/C20H14N4.H4N2O2S/c1-2-14-10-16-5-6-18(23-16)12-20-8-7-19(24-20)11-17-4-3-15(22-17)9-13(1)21-14;1-5(2,3)4/h1-12,21,24H;(H4,1,2,3,4). The zero-order chi connectivity index (χ0) is 20.4. The summed E-state index contributed by atoms with van der Waals surface area (Å²) in [5.74, 6) is 0.